The molecule has 0 spiro atoms. The normalized spacial score (nSPS) is 17.4. The smallest absolute Gasteiger partial charge is 0.252 e. The van der Waals surface area contributed by atoms with Crippen LogP contribution in [0.25, 0.3) is 0 Å². The summed E-state index contributed by atoms with van der Waals surface area (Å²) in [6.45, 7) is 7.03. The third-order valence-electron chi connectivity index (χ3n) is 3.87. The van der Waals surface area contributed by atoms with Gasteiger partial charge in [0.1, 0.15) is 18.1 Å². The lowest BCUT2D eigenvalue weighted by molar-refractivity contribution is 0.0996. The number of phenols is 1. The quantitative estimate of drug-likeness (QED) is 0.840. The first-order valence-electron chi connectivity index (χ1n) is 7.59. The van der Waals surface area contributed by atoms with Crippen LogP contribution < -0.4 is 10.5 Å². The summed E-state index contributed by atoms with van der Waals surface area (Å²) >= 11 is 0. The first-order valence-corrected chi connectivity index (χ1v) is 7.59. The van der Waals surface area contributed by atoms with E-state index in [2.05, 4.69) is 18.7 Å². The minimum absolute atomic E-state index is 0.112. The molecular weight excluding hydrogens is 268 g/mol. The van der Waals surface area contributed by atoms with Crippen LogP contribution in [0.1, 0.15) is 42.6 Å². The van der Waals surface area contributed by atoms with E-state index in [0.717, 1.165) is 37.9 Å². The molecule has 21 heavy (non-hydrogen) atoms. The lowest BCUT2D eigenvalue weighted by Crippen LogP contribution is -2.44. The molecule has 1 aliphatic heterocycles. The number of carbonyl (C=O) groups is 1. The summed E-state index contributed by atoms with van der Waals surface area (Å²) in [5.74, 6) is -0.0724. The van der Waals surface area contributed by atoms with Crippen molar-refractivity contribution >= 4 is 5.91 Å². The molecule has 2 rings (SSSR count). The molecule has 1 atom stereocenters. The van der Waals surface area contributed by atoms with Crippen molar-refractivity contribution in [1.29, 1.82) is 0 Å². The molecule has 1 aromatic carbocycles. The van der Waals surface area contributed by atoms with Crippen molar-refractivity contribution in [3.05, 3.63) is 23.3 Å². The maximum Gasteiger partial charge on any atom is 0.252 e. The molecule has 1 unspecified atom stereocenters. The largest absolute Gasteiger partial charge is 0.507 e. The van der Waals surface area contributed by atoms with E-state index in [1.54, 1.807) is 6.07 Å². The number of hydrogen-bond acceptors (Lipinski definition) is 4. The van der Waals surface area contributed by atoms with Gasteiger partial charge in [0.2, 0.25) is 0 Å². The molecule has 0 saturated carbocycles. The highest BCUT2D eigenvalue weighted by Crippen LogP contribution is 2.32. The van der Waals surface area contributed by atoms with Gasteiger partial charge in [-0.2, -0.15) is 0 Å². The Morgan fingerprint density at radius 1 is 1.38 bits per heavy atom. The SMILES string of the molecule is CCCN(CCC)C1COc2cc(O)c(C(N)=O)cc2C1. The van der Waals surface area contributed by atoms with E-state index in [1.165, 1.54) is 6.07 Å². The van der Waals surface area contributed by atoms with E-state index in [9.17, 15) is 9.90 Å². The molecular formula is C16H24N2O3. The van der Waals surface area contributed by atoms with Gasteiger partial charge in [-0.15, -0.1) is 0 Å². The average Bonchev–Trinajstić information content (AvgIpc) is 2.45. The zero-order valence-electron chi connectivity index (χ0n) is 12.8. The predicted molar refractivity (Wildman–Crippen MR) is 81.8 cm³/mol. The Bertz CT molecular complexity index is 510. The van der Waals surface area contributed by atoms with Gasteiger partial charge in [0.15, 0.2) is 0 Å². The zero-order valence-corrected chi connectivity index (χ0v) is 12.8. The van der Waals surface area contributed by atoms with Crippen molar-refractivity contribution in [3.8, 4) is 11.5 Å². The number of benzene rings is 1. The van der Waals surface area contributed by atoms with Gasteiger partial charge < -0.3 is 15.6 Å². The minimum Gasteiger partial charge on any atom is -0.507 e. The number of fused-ring (bicyclic) bond motifs is 1. The number of aromatic hydroxyl groups is 1. The van der Waals surface area contributed by atoms with Crippen molar-refractivity contribution < 1.29 is 14.6 Å². The van der Waals surface area contributed by atoms with Crippen LogP contribution in [-0.4, -0.2) is 41.7 Å². The van der Waals surface area contributed by atoms with Crippen LogP contribution in [-0.2, 0) is 6.42 Å². The van der Waals surface area contributed by atoms with Gasteiger partial charge in [0.05, 0.1) is 5.56 Å². The van der Waals surface area contributed by atoms with Crippen molar-refractivity contribution in [2.45, 2.75) is 39.2 Å². The Kier molecular flexibility index (Phi) is 5.07. The zero-order chi connectivity index (χ0) is 15.4. The van der Waals surface area contributed by atoms with Crippen molar-refractivity contribution in [3.63, 3.8) is 0 Å². The van der Waals surface area contributed by atoms with Gasteiger partial charge in [-0.1, -0.05) is 13.8 Å². The molecule has 1 aliphatic rings. The van der Waals surface area contributed by atoms with E-state index in [1.807, 2.05) is 0 Å². The number of rotatable bonds is 6. The van der Waals surface area contributed by atoms with Gasteiger partial charge in [-0.25, -0.2) is 0 Å². The lowest BCUT2D eigenvalue weighted by Gasteiger charge is -2.35. The van der Waals surface area contributed by atoms with E-state index in [-0.39, 0.29) is 11.3 Å². The summed E-state index contributed by atoms with van der Waals surface area (Å²) in [5, 5.41) is 9.79. The molecule has 0 fully saturated rings. The third-order valence-corrected chi connectivity index (χ3v) is 3.87. The molecule has 0 aromatic heterocycles. The summed E-state index contributed by atoms with van der Waals surface area (Å²) in [7, 11) is 0. The topological polar surface area (TPSA) is 75.8 Å². The van der Waals surface area contributed by atoms with Gasteiger partial charge in [0.25, 0.3) is 5.91 Å². The summed E-state index contributed by atoms with van der Waals surface area (Å²) in [6.07, 6.45) is 3.02. The monoisotopic (exact) mass is 292 g/mol. The lowest BCUT2D eigenvalue weighted by atomic mass is 9.98. The molecule has 0 radical (unpaired) electrons. The van der Waals surface area contributed by atoms with E-state index < -0.39 is 5.91 Å². The first kappa shape index (κ1) is 15.6. The fourth-order valence-electron chi connectivity index (χ4n) is 2.89. The number of ether oxygens (including phenoxy) is 1. The Morgan fingerprint density at radius 2 is 2.05 bits per heavy atom. The second-order valence-corrected chi connectivity index (χ2v) is 5.55. The van der Waals surface area contributed by atoms with Gasteiger partial charge in [-0.3, -0.25) is 9.69 Å². The molecule has 0 saturated heterocycles. The highest BCUT2D eigenvalue weighted by Gasteiger charge is 2.26. The van der Waals surface area contributed by atoms with Crippen molar-refractivity contribution in [1.82, 2.24) is 4.90 Å². The summed E-state index contributed by atoms with van der Waals surface area (Å²) in [4.78, 5) is 13.8. The average molecular weight is 292 g/mol. The minimum atomic E-state index is -0.614. The molecule has 5 heteroatoms. The molecule has 116 valence electrons. The Morgan fingerprint density at radius 3 is 2.62 bits per heavy atom. The maximum atomic E-state index is 11.3. The molecule has 0 bridgehead atoms. The molecule has 1 amide bonds. The molecule has 1 aromatic rings. The Balaban J connectivity index is 2.22. The second kappa shape index (κ2) is 6.80. The van der Waals surface area contributed by atoms with E-state index in [4.69, 9.17) is 10.5 Å². The number of hydrogen-bond donors (Lipinski definition) is 2. The van der Waals surface area contributed by atoms with Crippen LogP contribution in [0.4, 0.5) is 0 Å². The fourth-order valence-corrected chi connectivity index (χ4v) is 2.89. The van der Waals surface area contributed by atoms with E-state index >= 15 is 0 Å². The molecule has 0 aliphatic carbocycles. The second-order valence-electron chi connectivity index (χ2n) is 5.55. The number of amides is 1. The fraction of sp³-hybridized carbons (Fsp3) is 0.562. The van der Waals surface area contributed by atoms with Crippen LogP contribution in [0.5, 0.6) is 11.5 Å². The summed E-state index contributed by atoms with van der Waals surface area (Å²) < 4.78 is 5.77. The number of carbonyl (C=O) groups excluding carboxylic acids is 1. The van der Waals surface area contributed by atoms with Gasteiger partial charge in [0, 0.05) is 12.1 Å². The number of nitrogens with zero attached hydrogens (tertiary/aromatic N) is 1. The molecule has 1 heterocycles. The van der Waals surface area contributed by atoms with Crippen LogP contribution in [0, 0.1) is 0 Å². The van der Waals surface area contributed by atoms with Crippen LogP contribution in [0.3, 0.4) is 0 Å². The highest BCUT2D eigenvalue weighted by atomic mass is 16.5. The molecule has 5 nitrogen and oxygen atoms in total. The van der Waals surface area contributed by atoms with Crippen molar-refractivity contribution in [2.24, 2.45) is 5.73 Å². The predicted octanol–water partition coefficient (Wildman–Crippen LogP) is 1.92. The number of nitrogens with two attached hydrogens (primary N) is 1. The van der Waals surface area contributed by atoms with Crippen molar-refractivity contribution in [2.75, 3.05) is 19.7 Å². The number of primary amides is 1. The maximum absolute atomic E-state index is 11.3. The third kappa shape index (κ3) is 3.47. The highest BCUT2D eigenvalue weighted by molar-refractivity contribution is 5.96. The van der Waals surface area contributed by atoms with Gasteiger partial charge in [-0.05, 0) is 44.0 Å². The van der Waals surface area contributed by atoms with Gasteiger partial charge >= 0.3 is 0 Å². The molecule has 3 N–H and O–H groups in total. The van der Waals surface area contributed by atoms with Crippen LogP contribution >= 0.6 is 0 Å². The van der Waals surface area contributed by atoms with Crippen LogP contribution in [0.15, 0.2) is 12.1 Å². The first-order chi connectivity index (χ1) is 10.1. The standard InChI is InChI=1S/C16H24N2O3/c1-3-5-18(6-4-2)12-7-11-8-13(16(17)20)14(19)9-15(11)21-10-12/h8-9,12,19H,3-7,10H2,1-2H3,(H2,17,20). The summed E-state index contributed by atoms with van der Waals surface area (Å²) in [6, 6.07) is 3.47. The van der Waals surface area contributed by atoms with E-state index in [0.29, 0.717) is 18.4 Å². The van der Waals surface area contributed by atoms with Crippen LogP contribution in [0.2, 0.25) is 0 Å². The Hall–Kier alpha value is -1.75. The summed E-state index contributed by atoms with van der Waals surface area (Å²) in [5.41, 5.74) is 6.39. The Labute approximate surface area is 125 Å².